The molecule has 0 bridgehead atoms. The third kappa shape index (κ3) is 3.07. The average molecular weight is 357 g/mol. The van der Waals surface area contributed by atoms with Crippen LogP contribution in [-0.4, -0.2) is 20.9 Å². The largest absolute Gasteiger partial charge is 0.483 e. The van der Waals surface area contributed by atoms with Crippen molar-refractivity contribution in [1.82, 2.24) is 9.78 Å². The average Bonchev–Trinajstić information content (AvgIpc) is 2.72. The number of carboxylic acid groups (broad SMARTS) is 1. The Morgan fingerprint density at radius 1 is 1.52 bits per heavy atom. The second kappa shape index (κ2) is 6.26. The number of benzene rings is 1. The number of hydrogen-bond donors (Lipinski definition) is 1. The standard InChI is InChI=1S/C14H14BrFN2O3/c1-3-10-12(15)11(18(2)17-10)7-21-13-8(14(19)20)5-4-6-9(13)16/h4-6H,3,7H2,1-2H3,(H,19,20). The maximum atomic E-state index is 13.8. The highest BCUT2D eigenvalue weighted by atomic mass is 79.9. The summed E-state index contributed by atoms with van der Waals surface area (Å²) >= 11 is 3.43. The zero-order valence-corrected chi connectivity index (χ0v) is 13.1. The van der Waals surface area contributed by atoms with Crippen molar-refractivity contribution >= 4 is 21.9 Å². The summed E-state index contributed by atoms with van der Waals surface area (Å²) in [6.45, 7) is 1.99. The molecular formula is C14H14BrFN2O3. The van der Waals surface area contributed by atoms with Crippen molar-refractivity contribution in [2.24, 2.45) is 7.05 Å². The topological polar surface area (TPSA) is 64.4 Å². The number of halogens is 2. The van der Waals surface area contributed by atoms with Gasteiger partial charge in [0.15, 0.2) is 11.6 Å². The first kappa shape index (κ1) is 15.5. The molecule has 1 N–H and O–H groups in total. The van der Waals surface area contributed by atoms with Crippen LogP contribution in [0.1, 0.15) is 28.7 Å². The van der Waals surface area contributed by atoms with Crippen molar-refractivity contribution in [3.05, 3.63) is 45.4 Å². The molecule has 0 amide bonds. The number of ether oxygens (including phenoxy) is 1. The minimum atomic E-state index is -1.23. The first-order valence-electron chi connectivity index (χ1n) is 6.30. The van der Waals surface area contributed by atoms with E-state index in [-0.39, 0.29) is 17.9 Å². The highest BCUT2D eigenvalue weighted by Crippen LogP contribution is 2.26. The number of aromatic nitrogens is 2. The minimum Gasteiger partial charge on any atom is -0.483 e. The summed E-state index contributed by atoms with van der Waals surface area (Å²) in [7, 11) is 1.75. The van der Waals surface area contributed by atoms with Gasteiger partial charge >= 0.3 is 5.97 Å². The van der Waals surface area contributed by atoms with Gasteiger partial charge in [-0.2, -0.15) is 5.10 Å². The van der Waals surface area contributed by atoms with Crippen LogP contribution >= 0.6 is 15.9 Å². The van der Waals surface area contributed by atoms with Gasteiger partial charge in [-0.25, -0.2) is 9.18 Å². The molecule has 0 aliphatic carbocycles. The lowest BCUT2D eigenvalue weighted by Gasteiger charge is -2.10. The molecule has 0 saturated heterocycles. The van der Waals surface area contributed by atoms with E-state index in [2.05, 4.69) is 21.0 Å². The van der Waals surface area contributed by atoms with Gasteiger partial charge in [-0.3, -0.25) is 4.68 Å². The van der Waals surface area contributed by atoms with Crippen LogP contribution in [0.2, 0.25) is 0 Å². The lowest BCUT2D eigenvalue weighted by molar-refractivity contribution is 0.0690. The van der Waals surface area contributed by atoms with Gasteiger partial charge < -0.3 is 9.84 Å². The number of rotatable bonds is 5. The SMILES string of the molecule is CCc1nn(C)c(COc2c(F)cccc2C(=O)O)c1Br. The predicted molar refractivity (Wildman–Crippen MR) is 78.0 cm³/mol. The fraction of sp³-hybridized carbons (Fsp3) is 0.286. The Kier molecular flexibility index (Phi) is 4.62. The predicted octanol–water partition coefficient (Wildman–Crippen LogP) is 3.16. The first-order valence-corrected chi connectivity index (χ1v) is 7.09. The Morgan fingerprint density at radius 3 is 2.81 bits per heavy atom. The highest BCUT2D eigenvalue weighted by molar-refractivity contribution is 9.10. The maximum absolute atomic E-state index is 13.8. The fourth-order valence-corrected chi connectivity index (χ4v) is 2.67. The van der Waals surface area contributed by atoms with E-state index in [1.165, 1.54) is 12.1 Å². The number of hydrogen-bond acceptors (Lipinski definition) is 3. The lowest BCUT2D eigenvalue weighted by Crippen LogP contribution is -2.08. The van der Waals surface area contributed by atoms with Gasteiger partial charge in [0.25, 0.3) is 0 Å². The monoisotopic (exact) mass is 356 g/mol. The molecule has 1 aromatic carbocycles. The fourth-order valence-electron chi connectivity index (χ4n) is 1.94. The summed E-state index contributed by atoms with van der Waals surface area (Å²) in [6.07, 6.45) is 0.745. The summed E-state index contributed by atoms with van der Waals surface area (Å²) < 4.78 is 21.6. The molecule has 1 aromatic heterocycles. The molecule has 0 unspecified atom stereocenters. The van der Waals surface area contributed by atoms with Gasteiger partial charge in [0.2, 0.25) is 0 Å². The molecule has 5 nitrogen and oxygen atoms in total. The van der Waals surface area contributed by atoms with E-state index >= 15 is 0 Å². The quantitative estimate of drug-likeness (QED) is 0.893. The molecule has 112 valence electrons. The third-order valence-corrected chi connectivity index (χ3v) is 3.97. The van der Waals surface area contributed by atoms with Crippen molar-refractivity contribution in [2.75, 3.05) is 0 Å². The summed E-state index contributed by atoms with van der Waals surface area (Å²) in [6, 6.07) is 3.80. The Labute approximate surface area is 129 Å². The normalized spacial score (nSPS) is 10.7. The molecule has 2 rings (SSSR count). The molecule has 0 saturated carbocycles. The second-order valence-electron chi connectivity index (χ2n) is 4.39. The zero-order valence-electron chi connectivity index (χ0n) is 11.6. The first-order chi connectivity index (χ1) is 9.95. The number of carbonyl (C=O) groups is 1. The molecule has 0 aliphatic rings. The molecular weight excluding hydrogens is 343 g/mol. The highest BCUT2D eigenvalue weighted by Gasteiger charge is 2.18. The van der Waals surface area contributed by atoms with Crippen LogP contribution in [0.5, 0.6) is 5.75 Å². The van der Waals surface area contributed by atoms with Crippen LogP contribution in [0.25, 0.3) is 0 Å². The van der Waals surface area contributed by atoms with E-state index in [4.69, 9.17) is 9.84 Å². The Morgan fingerprint density at radius 2 is 2.24 bits per heavy atom. The second-order valence-corrected chi connectivity index (χ2v) is 5.19. The lowest BCUT2D eigenvalue weighted by atomic mass is 10.2. The third-order valence-electron chi connectivity index (χ3n) is 3.05. The van der Waals surface area contributed by atoms with E-state index in [1.54, 1.807) is 11.7 Å². The summed E-state index contributed by atoms with van der Waals surface area (Å²) in [5.41, 5.74) is 1.37. The van der Waals surface area contributed by atoms with Crippen molar-refractivity contribution in [3.63, 3.8) is 0 Å². The zero-order chi connectivity index (χ0) is 15.6. The van der Waals surface area contributed by atoms with Gasteiger partial charge in [-0.05, 0) is 34.5 Å². The van der Waals surface area contributed by atoms with Crippen LogP contribution < -0.4 is 4.74 Å². The summed E-state index contributed by atoms with van der Waals surface area (Å²) in [5.74, 6) is -2.21. The van der Waals surface area contributed by atoms with Crippen LogP contribution in [0.3, 0.4) is 0 Å². The Bertz CT molecular complexity index is 685. The van der Waals surface area contributed by atoms with Crippen LogP contribution in [0, 0.1) is 5.82 Å². The molecule has 7 heteroatoms. The van der Waals surface area contributed by atoms with Gasteiger partial charge in [-0.1, -0.05) is 13.0 Å². The molecule has 0 radical (unpaired) electrons. The van der Waals surface area contributed by atoms with Gasteiger partial charge in [0, 0.05) is 7.05 Å². The Balaban J connectivity index is 2.29. The number of aromatic carboxylic acids is 1. The van der Waals surface area contributed by atoms with E-state index in [0.717, 1.165) is 22.7 Å². The molecule has 0 spiro atoms. The Hall–Kier alpha value is -1.89. The number of nitrogens with zero attached hydrogens (tertiary/aromatic N) is 2. The van der Waals surface area contributed by atoms with E-state index in [1.807, 2.05) is 6.92 Å². The van der Waals surface area contributed by atoms with Crippen molar-refractivity contribution in [3.8, 4) is 5.75 Å². The van der Waals surface area contributed by atoms with Crippen molar-refractivity contribution in [1.29, 1.82) is 0 Å². The van der Waals surface area contributed by atoms with Crippen LogP contribution in [0.4, 0.5) is 4.39 Å². The van der Waals surface area contributed by atoms with Crippen molar-refractivity contribution < 1.29 is 19.0 Å². The van der Waals surface area contributed by atoms with E-state index < -0.39 is 11.8 Å². The molecule has 21 heavy (non-hydrogen) atoms. The van der Waals surface area contributed by atoms with E-state index in [0.29, 0.717) is 5.69 Å². The minimum absolute atomic E-state index is 0.0191. The van der Waals surface area contributed by atoms with Gasteiger partial charge in [0.05, 0.1) is 15.9 Å². The molecule has 0 fully saturated rings. The number of aryl methyl sites for hydroxylation is 2. The van der Waals surface area contributed by atoms with Crippen LogP contribution in [-0.2, 0) is 20.1 Å². The molecule has 2 aromatic rings. The maximum Gasteiger partial charge on any atom is 0.339 e. The van der Waals surface area contributed by atoms with E-state index in [9.17, 15) is 9.18 Å². The van der Waals surface area contributed by atoms with Gasteiger partial charge in [0.1, 0.15) is 12.2 Å². The molecule has 0 atom stereocenters. The van der Waals surface area contributed by atoms with Gasteiger partial charge in [-0.15, -0.1) is 0 Å². The summed E-state index contributed by atoms with van der Waals surface area (Å²) in [4.78, 5) is 11.1. The smallest absolute Gasteiger partial charge is 0.339 e. The number of carboxylic acids is 1. The molecule has 1 heterocycles. The summed E-state index contributed by atoms with van der Waals surface area (Å²) in [5, 5.41) is 13.4. The molecule has 0 aliphatic heterocycles. The number of para-hydroxylation sites is 1. The van der Waals surface area contributed by atoms with Crippen molar-refractivity contribution in [2.45, 2.75) is 20.0 Å². The van der Waals surface area contributed by atoms with Crippen LogP contribution in [0.15, 0.2) is 22.7 Å².